The fraction of sp³-hybridized carbons (Fsp3) is 0.571. The number of nitrogens with one attached hydrogen (secondary N) is 1. The van der Waals surface area contributed by atoms with Gasteiger partial charge in [0.2, 0.25) is 0 Å². The largest absolute Gasteiger partial charge is 0.493 e. The van der Waals surface area contributed by atoms with Crippen LogP contribution in [0.5, 0.6) is 5.75 Å². The zero-order chi connectivity index (χ0) is 15.2. The number of sulfone groups is 1. The average Bonchev–Trinajstić information content (AvgIpc) is 2.35. The minimum absolute atomic E-state index is 0.0272. The molecule has 0 radical (unpaired) electrons. The molecule has 0 fully saturated rings. The molecule has 1 aromatic rings. The van der Waals surface area contributed by atoms with Gasteiger partial charge >= 0.3 is 0 Å². The molecular weight excluding hydrogens is 281 g/mol. The van der Waals surface area contributed by atoms with E-state index in [4.69, 9.17) is 4.74 Å². The van der Waals surface area contributed by atoms with Crippen LogP contribution in [0.4, 0.5) is 4.39 Å². The molecule has 114 valence electrons. The number of hydrogen-bond donors (Lipinski definition) is 1. The van der Waals surface area contributed by atoms with E-state index in [0.717, 1.165) is 12.1 Å². The Morgan fingerprint density at radius 3 is 2.70 bits per heavy atom. The maximum atomic E-state index is 13.3. The second-order valence-corrected chi connectivity index (χ2v) is 7.05. The van der Waals surface area contributed by atoms with Gasteiger partial charge in [-0.05, 0) is 38.1 Å². The molecule has 4 nitrogen and oxygen atoms in total. The van der Waals surface area contributed by atoms with Gasteiger partial charge in [0.05, 0.1) is 12.4 Å². The van der Waals surface area contributed by atoms with Gasteiger partial charge in [0, 0.05) is 17.9 Å². The molecule has 0 aromatic heterocycles. The second-order valence-electron chi connectivity index (χ2n) is 4.79. The quantitative estimate of drug-likeness (QED) is 0.749. The third-order valence-electron chi connectivity index (χ3n) is 2.87. The van der Waals surface area contributed by atoms with Crippen molar-refractivity contribution < 1.29 is 17.5 Å². The van der Waals surface area contributed by atoms with Gasteiger partial charge in [0.1, 0.15) is 21.4 Å². The number of hydrogen-bond acceptors (Lipinski definition) is 4. The van der Waals surface area contributed by atoms with E-state index in [1.165, 1.54) is 18.4 Å². The maximum absolute atomic E-state index is 13.3. The lowest BCUT2D eigenvalue weighted by Crippen LogP contribution is -2.19. The fourth-order valence-electron chi connectivity index (χ4n) is 1.91. The highest BCUT2D eigenvalue weighted by atomic mass is 32.2. The molecule has 0 amide bonds. The minimum atomic E-state index is -2.97. The zero-order valence-corrected chi connectivity index (χ0v) is 13.0. The summed E-state index contributed by atoms with van der Waals surface area (Å²) in [4.78, 5) is 0. The molecule has 0 bridgehead atoms. The normalized spacial score (nSPS) is 13.2. The van der Waals surface area contributed by atoms with Crippen LogP contribution in [-0.2, 0) is 9.84 Å². The molecule has 20 heavy (non-hydrogen) atoms. The van der Waals surface area contributed by atoms with E-state index in [9.17, 15) is 12.8 Å². The van der Waals surface area contributed by atoms with Gasteiger partial charge in [-0.2, -0.15) is 0 Å². The molecule has 0 spiro atoms. The summed E-state index contributed by atoms with van der Waals surface area (Å²) < 4.78 is 41.0. The molecule has 6 heteroatoms. The van der Waals surface area contributed by atoms with Gasteiger partial charge in [-0.25, -0.2) is 12.8 Å². The Labute approximate surface area is 120 Å². The van der Waals surface area contributed by atoms with Gasteiger partial charge in [-0.1, -0.05) is 6.92 Å². The van der Waals surface area contributed by atoms with Crippen molar-refractivity contribution in [2.45, 2.75) is 26.3 Å². The summed E-state index contributed by atoms with van der Waals surface area (Å²) in [5.74, 6) is 0.369. The first-order valence-electron chi connectivity index (χ1n) is 6.67. The van der Waals surface area contributed by atoms with Crippen LogP contribution in [0.3, 0.4) is 0 Å². The summed E-state index contributed by atoms with van der Waals surface area (Å²) in [6.07, 6.45) is 1.62. The molecule has 1 aromatic carbocycles. The van der Waals surface area contributed by atoms with Gasteiger partial charge in [-0.3, -0.25) is 0 Å². The SMILES string of the molecule is CCNC(C)c1cc(F)ccc1OCCCS(C)(=O)=O. The Hall–Kier alpha value is -1.14. The van der Waals surface area contributed by atoms with E-state index in [0.29, 0.717) is 18.8 Å². The van der Waals surface area contributed by atoms with Crippen molar-refractivity contribution in [2.75, 3.05) is 25.2 Å². The third kappa shape index (κ3) is 5.88. The highest BCUT2D eigenvalue weighted by Gasteiger charge is 2.12. The molecule has 1 N–H and O–H groups in total. The van der Waals surface area contributed by atoms with Crippen LogP contribution in [0.25, 0.3) is 0 Å². The van der Waals surface area contributed by atoms with Gasteiger partial charge in [-0.15, -0.1) is 0 Å². The Bertz CT molecular complexity index is 531. The summed E-state index contributed by atoms with van der Waals surface area (Å²) in [5, 5.41) is 3.20. The van der Waals surface area contributed by atoms with Crippen LogP contribution in [0.15, 0.2) is 18.2 Å². The summed E-state index contributed by atoms with van der Waals surface area (Å²) >= 11 is 0. The molecule has 0 saturated carbocycles. The van der Waals surface area contributed by atoms with Gasteiger partial charge in [0.25, 0.3) is 0 Å². The van der Waals surface area contributed by atoms with E-state index in [1.54, 1.807) is 6.07 Å². The first kappa shape index (κ1) is 16.9. The van der Waals surface area contributed by atoms with Crippen molar-refractivity contribution in [3.8, 4) is 5.75 Å². The number of benzene rings is 1. The average molecular weight is 303 g/mol. The molecule has 1 rings (SSSR count). The van der Waals surface area contributed by atoms with Crippen molar-refractivity contribution in [3.63, 3.8) is 0 Å². The van der Waals surface area contributed by atoms with E-state index in [2.05, 4.69) is 5.32 Å². The van der Waals surface area contributed by atoms with Crippen LogP contribution >= 0.6 is 0 Å². The van der Waals surface area contributed by atoms with Gasteiger partial charge in [0.15, 0.2) is 0 Å². The molecular formula is C14H22FNO3S. The van der Waals surface area contributed by atoms with E-state index in [-0.39, 0.29) is 17.6 Å². The molecule has 1 unspecified atom stereocenters. The fourth-order valence-corrected chi connectivity index (χ4v) is 2.55. The monoisotopic (exact) mass is 303 g/mol. The molecule has 0 aliphatic rings. The Morgan fingerprint density at radius 1 is 1.40 bits per heavy atom. The lowest BCUT2D eigenvalue weighted by molar-refractivity contribution is 0.310. The van der Waals surface area contributed by atoms with Crippen molar-refractivity contribution >= 4 is 9.84 Å². The number of rotatable bonds is 8. The van der Waals surface area contributed by atoms with Crippen LogP contribution in [0.2, 0.25) is 0 Å². The standard InChI is InChI=1S/C14H22FNO3S/c1-4-16-11(2)13-10-12(15)6-7-14(13)19-8-5-9-20(3,17)18/h6-7,10-11,16H,4-5,8-9H2,1-3H3. The molecule has 1 atom stereocenters. The Balaban J connectivity index is 2.69. The van der Waals surface area contributed by atoms with Crippen LogP contribution in [0, 0.1) is 5.82 Å². The number of ether oxygens (including phenoxy) is 1. The summed E-state index contributed by atoms with van der Waals surface area (Å²) in [7, 11) is -2.97. The van der Waals surface area contributed by atoms with Crippen molar-refractivity contribution in [3.05, 3.63) is 29.6 Å². The lowest BCUT2D eigenvalue weighted by atomic mass is 10.1. The van der Waals surface area contributed by atoms with Crippen LogP contribution < -0.4 is 10.1 Å². The van der Waals surface area contributed by atoms with Gasteiger partial charge < -0.3 is 10.1 Å². The predicted octanol–water partition coefficient (Wildman–Crippen LogP) is 2.31. The van der Waals surface area contributed by atoms with E-state index >= 15 is 0 Å². The van der Waals surface area contributed by atoms with Crippen LogP contribution in [-0.4, -0.2) is 33.6 Å². The highest BCUT2D eigenvalue weighted by Crippen LogP contribution is 2.26. The Kier molecular flexibility index (Phi) is 6.42. The number of halogens is 1. The molecule has 0 aliphatic heterocycles. The predicted molar refractivity (Wildman–Crippen MR) is 78.3 cm³/mol. The third-order valence-corrected chi connectivity index (χ3v) is 3.90. The minimum Gasteiger partial charge on any atom is -0.493 e. The van der Waals surface area contributed by atoms with Crippen molar-refractivity contribution in [1.82, 2.24) is 5.32 Å². The summed E-state index contributed by atoms with van der Waals surface area (Å²) in [6.45, 7) is 4.97. The Morgan fingerprint density at radius 2 is 2.10 bits per heavy atom. The first-order valence-corrected chi connectivity index (χ1v) is 8.73. The molecule has 0 aliphatic carbocycles. The lowest BCUT2D eigenvalue weighted by Gasteiger charge is -2.17. The molecule has 0 saturated heterocycles. The van der Waals surface area contributed by atoms with Crippen molar-refractivity contribution in [2.24, 2.45) is 0 Å². The second kappa shape index (κ2) is 7.59. The van der Waals surface area contributed by atoms with E-state index < -0.39 is 9.84 Å². The van der Waals surface area contributed by atoms with E-state index in [1.807, 2.05) is 13.8 Å². The summed E-state index contributed by atoms with van der Waals surface area (Å²) in [5.41, 5.74) is 0.742. The topological polar surface area (TPSA) is 55.4 Å². The summed E-state index contributed by atoms with van der Waals surface area (Å²) in [6, 6.07) is 4.34. The maximum Gasteiger partial charge on any atom is 0.147 e. The zero-order valence-electron chi connectivity index (χ0n) is 12.1. The van der Waals surface area contributed by atoms with Crippen molar-refractivity contribution in [1.29, 1.82) is 0 Å². The smallest absolute Gasteiger partial charge is 0.147 e. The highest BCUT2D eigenvalue weighted by molar-refractivity contribution is 7.90. The van der Waals surface area contributed by atoms with Crippen LogP contribution in [0.1, 0.15) is 31.9 Å². The molecule has 0 heterocycles. The first-order chi connectivity index (χ1) is 9.33.